The van der Waals surface area contributed by atoms with Gasteiger partial charge in [-0.2, -0.15) is 0 Å². The summed E-state index contributed by atoms with van der Waals surface area (Å²) in [6.45, 7) is 2.04. The van der Waals surface area contributed by atoms with Gasteiger partial charge in [-0.05, 0) is 31.0 Å². The quantitative estimate of drug-likeness (QED) is 0.531. The van der Waals surface area contributed by atoms with Crippen LogP contribution in [0.15, 0.2) is 59.0 Å². The topological polar surface area (TPSA) is 13.1 Å². The summed E-state index contributed by atoms with van der Waals surface area (Å²) in [5.41, 5.74) is 3.00. The van der Waals surface area contributed by atoms with Crippen LogP contribution < -0.4 is 0 Å². The third kappa shape index (κ3) is 1.89. The molecule has 86 valence electrons. The third-order valence-electron chi connectivity index (χ3n) is 2.94. The molecule has 0 amide bonds. The van der Waals surface area contributed by atoms with E-state index in [1.165, 1.54) is 0 Å². The molecule has 3 aromatic rings. The number of aryl methyl sites for hydroxylation is 1. The van der Waals surface area contributed by atoms with Gasteiger partial charge in [0.25, 0.3) is 0 Å². The Kier molecular flexibility index (Phi) is 2.63. The maximum atomic E-state index is 5.75. The van der Waals surface area contributed by atoms with Gasteiger partial charge in [0.2, 0.25) is 0 Å². The van der Waals surface area contributed by atoms with Crippen LogP contribution >= 0.6 is 0 Å². The Bertz CT molecular complexity index is 739. The molecule has 0 saturated heterocycles. The summed E-state index contributed by atoms with van der Waals surface area (Å²) in [4.78, 5) is 0. The van der Waals surface area contributed by atoms with E-state index in [1.807, 2.05) is 55.5 Å². The second kappa shape index (κ2) is 4.43. The Morgan fingerprint density at radius 3 is 2.33 bits per heavy atom. The normalized spacial score (nSPS) is 10.1. The van der Waals surface area contributed by atoms with Crippen LogP contribution in [0.25, 0.3) is 11.0 Å². The highest BCUT2D eigenvalue weighted by Crippen LogP contribution is 2.24. The van der Waals surface area contributed by atoms with E-state index < -0.39 is 0 Å². The first-order valence-corrected chi connectivity index (χ1v) is 5.90. The van der Waals surface area contributed by atoms with Crippen molar-refractivity contribution in [2.75, 3.05) is 0 Å². The predicted molar refractivity (Wildman–Crippen MR) is 73.4 cm³/mol. The largest absolute Gasteiger partial charge is 0.447 e. The first kappa shape index (κ1) is 10.7. The first-order chi connectivity index (χ1) is 8.84. The molecule has 1 nitrogen and oxygen atoms in total. The first-order valence-electron chi connectivity index (χ1n) is 5.90. The lowest BCUT2D eigenvalue weighted by atomic mass is 10.1. The molecule has 0 fully saturated rings. The number of hydrogen-bond donors (Lipinski definition) is 0. The van der Waals surface area contributed by atoms with Gasteiger partial charge >= 0.3 is 0 Å². The van der Waals surface area contributed by atoms with Gasteiger partial charge in [-0.25, -0.2) is 0 Å². The van der Waals surface area contributed by atoms with E-state index in [-0.39, 0.29) is 0 Å². The van der Waals surface area contributed by atoms with Crippen molar-refractivity contribution in [2.24, 2.45) is 0 Å². The molecule has 2 aromatic carbocycles. The van der Waals surface area contributed by atoms with Crippen LogP contribution in [0, 0.1) is 18.8 Å². The van der Waals surface area contributed by atoms with E-state index >= 15 is 0 Å². The minimum Gasteiger partial charge on any atom is -0.447 e. The Hall–Kier alpha value is -2.46. The SMILES string of the molecule is Cc1c(C#Cc2ccccc2)oc2ccccc12. The van der Waals surface area contributed by atoms with Gasteiger partial charge in [0.1, 0.15) is 5.58 Å². The molecule has 1 heterocycles. The van der Waals surface area contributed by atoms with E-state index in [4.69, 9.17) is 4.42 Å². The zero-order valence-electron chi connectivity index (χ0n) is 10.1. The average Bonchev–Trinajstić information content (AvgIpc) is 2.75. The molecular weight excluding hydrogens is 220 g/mol. The van der Waals surface area contributed by atoms with Gasteiger partial charge in [-0.1, -0.05) is 42.3 Å². The van der Waals surface area contributed by atoms with Crippen molar-refractivity contribution in [3.63, 3.8) is 0 Å². The molecule has 0 aliphatic rings. The standard InChI is InChI=1S/C17H12O/c1-13-15-9-5-6-10-17(15)18-16(13)12-11-14-7-3-2-4-8-14/h2-10H,1H3. The van der Waals surface area contributed by atoms with Gasteiger partial charge in [-0.3, -0.25) is 0 Å². The monoisotopic (exact) mass is 232 g/mol. The molecule has 0 unspecified atom stereocenters. The molecule has 0 aliphatic carbocycles. The van der Waals surface area contributed by atoms with Crippen molar-refractivity contribution in [3.05, 3.63) is 71.5 Å². The minimum atomic E-state index is 0.750. The molecule has 0 bridgehead atoms. The van der Waals surface area contributed by atoms with Crippen molar-refractivity contribution in [2.45, 2.75) is 6.92 Å². The minimum absolute atomic E-state index is 0.750. The van der Waals surface area contributed by atoms with E-state index in [0.29, 0.717) is 0 Å². The summed E-state index contributed by atoms with van der Waals surface area (Å²) < 4.78 is 5.75. The van der Waals surface area contributed by atoms with Gasteiger partial charge in [0, 0.05) is 16.5 Å². The Balaban J connectivity index is 2.06. The van der Waals surface area contributed by atoms with Crippen LogP contribution in [-0.4, -0.2) is 0 Å². The molecule has 1 aromatic heterocycles. The Labute approximate surface area is 106 Å². The second-order valence-corrected chi connectivity index (χ2v) is 4.17. The van der Waals surface area contributed by atoms with Gasteiger partial charge in [0.15, 0.2) is 5.76 Å². The van der Waals surface area contributed by atoms with Crippen LogP contribution in [-0.2, 0) is 0 Å². The van der Waals surface area contributed by atoms with Crippen molar-refractivity contribution >= 4 is 11.0 Å². The second-order valence-electron chi connectivity index (χ2n) is 4.17. The Morgan fingerprint density at radius 1 is 0.833 bits per heavy atom. The molecule has 0 atom stereocenters. The van der Waals surface area contributed by atoms with Crippen LogP contribution in [0.5, 0.6) is 0 Å². The van der Waals surface area contributed by atoms with E-state index in [0.717, 1.165) is 27.9 Å². The molecule has 1 heteroatoms. The molecule has 0 N–H and O–H groups in total. The number of hydrogen-bond acceptors (Lipinski definition) is 1. The van der Waals surface area contributed by atoms with Crippen molar-refractivity contribution in [3.8, 4) is 11.8 Å². The predicted octanol–water partition coefficient (Wildman–Crippen LogP) is 4.14. The van der Waals surface area contributed by atoms with E-state index in [9.17, 15) is 0 Å². The molecule has 0 saturated carbocycles. The van der Waals surface area contributed by atoms with Crippen molar-refractivity contribution in [1.82, 2.24) is 0 Å². The van der Waals surface area contributed by atoms with E-state index in [2.05, 4.69) is 17.9 Å². The zero-order valence-corrected chi connectivity index (χ0v) is 10.1. The summed E-state index contributed by atoms with van der Waals surface area (Å²) in [6, 6.07) is 17.9. The zero-order chi connectivity index (χ0) is 12.4. The summed E-state index contributed by atoms with van der Waals surface area (Å²) >= 11 is 0. The third-order valence-corrected chi connectivity index (χ3v) is 2.94. The van der Waals surface area contributed by atoms with Gasteiger partial charge < -0.3 is 4.42 Å². The summed E-state index contributed by atoms with van der Waals surface area (Å²) in [7, 11) is 0. The summed E-state index contributed by atoms with van der Waals surface area (Å²) in [5, 5.41) is 1.13. The van der Waals surface area contributed by atoms with Crippen LogP contribution in [0.4, 0.5) is 0 Å². The summed E-state index contributed by atoms with van der Waals surface area (Å²) in [5.74, 6) is 6.97. The van der Waals surface area contributed by atoms with E-state index in [1.54, 1.807) is 0 Å². The fourth-order valence-corrected chi connectivity index (χ4v) is 1.94. The van der Waals surface area contributed by atoms with Gasteiger partial charge in [-0.15, -0.1) is 0 Å². The molecule has 3 rings (SSSR count). The fourth-order valence-electron chi connectivity index (χ4n) is 1.94. The van der Waals surface area contributed by atoms with Crippen LogP contribution in [0.1, 0.15) is 16.9 Å². The number of fused-ring (bicyclic) bond motifs is 1. The van der Waals surface area contributed by atoms with Crippen LogP contribution in [0.3, 0.4) is 0 Å². The number of benzene rings is 2. The Morgan fingerprint density at radius 2 is 1.56 bits per heavy atom. The lowest BCUT2D eigenvalue weighted by Crippen LogP contribution is -1.75. The number of rotatable bonds is 0. The highest BCUT2D eigenvalue weighted by atomic mass is 16.3. The number of para-hydroxylation sites is 1. The molecule has 0 radical (unpaired) electrons. The van der Waals surface area contributed by atoms with Gasteiger partial charge in [0.05, 0.1) is 0 Å². The lowest BCUT2D eigenvalue weighted by molar-refractivity contribution is 0.598. The maximum absolute atomic E-state index is 5.75. The van der Waals surface area contributed by atoms with Crippen molar-refractivity contribution < 1.29 is 4.42 Å². The van der Waals surface area contributed by atoms with Crippen LogP contribution in [0.2, 0.25) is 0 Å². The summed E-state index contributed by atoms with van der Waals surface area (Å²) in [6.07, 6.45) is 0. The maximum Gasteiger partial charge on any atom is 0.181 e. The smallest absolute Gasteiger partial charge is 0.181 e. The highest BCUT2D eigenvalue weighted by Gasteiger charge is 2.06. The van der Waals surface area contributed by atoms with Crippen molar-refractivity contribution in [1.29, 1.82) is 0 Å². The molecular formula is C17H12O. The molecule has 0 aliphatic heterocycles. The average molecular weight is 232 g/mol. The number of furan rings is 1. The fraction of sp³-hybridized carbons (Fsp3) is 0.0588. The highest BCUT2D eigenvalue weighted by molar-refractivity contribution is 5.83. The lowest BCUT2D eigenvalue weighted by Gasteiger charge is -1.87. The molecule has 18 heavy (non-hydrogen) atoms. The molecule has 0 spiro atoms.